The molecule has 3 aliphatic rings. The average molecular weight is 584 g/mol. The lowest BCUT2D eigenvalue weighted by Gasteiger charge is -2.36. The number of fused-ring (bicyclic) bond motifs is 1. The standard InChI is InChI=1S/C24H34ClF4N5O5/c1-5-11(6-2)15(31-22(39)24(27,28)29)20(37)33-10-13-14(23(13,3)4)16(33)19(36)32-34(21(38)17(25)26)9-12-7-8-30-18(12)35/h11-17H,5-10H2,1-4H3,(H,30,35)(H,31,39)(H,32,36)/t12-,13-,14-,15-,16-,17-/m0/s1. The Labute approximate surface area is 228 Å². The Morgan fingerprint density at radius 3 is 2.31 bits per heavy atom. The minimum Gasteiger partial charge on any atom is -0.356 e. The summed E-state index contributed by atoms with van der Waals surface area (Å²) < 4.78 is 53.0. The Kier molecular flexibility index (Phi) is 9.08. The van der Waals surface area contributed by atoms with Crippen LogP contribution in [-0.4, -0.2) is 83.0 Å². The number of piperidine rings is 1. The van der Waals surface area contributed by atoms with Crippen molar-refractivity contribution in [2.24, 2.45) is 29.1 Å². The van der Waals surface area contributed by atoms with Gasteiger partial charge in [0.2, 0.25) is 11.8 Å². The van der Waals surface area contributed by atoms with Crippen molar-refractivity contribution in [3.05, 3.63) is 0 Å². The van der Waals surface area contributed by atoms with Crippen molar-refractivity contribution in [2.75, 3.05) is 19.6 Å². The van der Waals surface area contributed by atoms with Crippen LogP contribution in [0.2, 0.25) is 0 Å². The Morgan fingerprint density at radius 2 is 1.82 bits per heavy atom. The van der Waals surface area contributed by atoms with Gasteiger partial charge in [-0.2, -0.15) is 13.2 Å². The summed E-state index contributed by atoms with van der Waals surface area (Å²) in [6.45, 7) is 7.11. The highest BCUT2D eigenvalue weighted by molar-refractivity contribution is 6.29. The normalized spacial score (nSPS) is 26.9. The predicted molar refractivity (Wildman–Crippen MR) is 130 cm³/mol. The smallest absolute Gasteiger partial charge is 0.356 e. The van der Waals surface area contributed by atoms with Crippen LogP contribution in [0.15, 0.2) is 0 Å². The van der Waals surface area contributed by atoms with Gasteiger partial charge >= 0.3 is 12.1 Å². The minimum absolute atomic E-state index is 0.0490. The number of hydrazine groups is 1. The summed E-state index contributed by atoms with van der Waals surface area (Å²) in [4.78, 5) is 64.6. The third-order valence-corrected chi connectivity index (χ3v) is 8.54. The molecule has 0 aromatic heterocycles. The number of carbonyl (C=O) groups is 5. The van der Waals surface area contributed by atoms with Crippen LogP contribution in [0.3, 0.4) is 0 Å². The number of carbonyl (C=O) groups excluding carboxylic acids is 5. The predicted octanol–water partition coefficient (Wildman–Crippen LogP) is 1.48. The molecular weight excluding hydrogens is 550 g/mol. The molecule has 3 fully saturated rings. The van der Waals surface area contributed by atoms with Gasteiger partial charge in [-0.05, 0) is 29.6 Å². The number of halogens is 5. The molecule has 2 saturated heterocycles. The molecule has 5 amide bonds. The van der Waals surface area contributed by atoms with Gasteiger partial charge in [0.1, 0.15) is 12.1 Å². The molecule has 220 valence electrons. The molecule has 3 N–H and O–H groups in total. The first-order valence-corrected chi connectivity index (χ1v) is 13.4. The molecule has 1 aliphatic carbocycles. The second kappa shape index (κ2) is 11.5. The SMILES string of the molecule is CCC(CC)[C@H](NC(=O)C(F)(F)F)C(=O)N1C[C@H]2[C@@H]([C@H]1C(=O)NN(C[C@@H]1CCNC1=O)C(=O)[C@H](F)Cl)C2(C)C. The lowest BCUT2D eigenvalue weighted by Crippen LogP contribution is -2.61. The Bertz CT molecular complexity index is 1010. The van der Waals surface area contributed by atoms with Crippen LogP contribution < -0.4 is 16.1 Å². The molecule has 2 heterocycles. The Morgan fingerprint density at radius 1 is 1.21 bits per heavy atom. The summed E-state index contributed by atoms with van der Waals surface area (Å²) in [5, 5.41) is 5.00. The summed E-state index contributed by atoms with van der Waals surface area (Å²) in [7, 11) is 0. The molecule has 15 heteroatoms. The van der Waals surface area contributed by atoms with Gasteiger partial charge in [-0.25, -0.2) is 9.40 Å². The number of hydrogen-bond donors (Lipinski definition) is 3. The maximum atomic E-state index is 13.8. The second-order valence-electron chi connectivity index (χ2n) is 10.9. The minimum atomic E-state index is -5.21. The van der Waals surface area contributed by atoms with E-state index in [1.54, 1.807) is 13.8 Å². The van der Waals surface area contributed by atoms with Crippen LogP contribution in [0.25, 0.3) is 0 Å². The summed E-state index contributed by atoms with van der Waals surface area (Å²) in [6.07, 6.45) is -4.31. The van der Waals surface area contributed by atoms with Gasteiger partial charge in [0.05, 0.1) is 12.5 Å². The van der Waals surface area contributed by atoms with Crippen LogP contribution >= 0.6 is 11.6 Å². The molecule has 0 radical (unpaired) electrons. The number of hydrogen-bond acceptors (Lipinski definition) is 5. The van der Waals surface area contributed by atoms with E-state index in [0.717, 1.165) is 4.90 Å². The maximum Gasteiger partial charge on any atom is 0.471 e. The van der Waals surface area contributed by atoms with E-state index in [9.17, 15) is 41.5 Å². The monoisotopic (exact) mass is 583 g/mol. The third-order valence-electron chi connectivity index (χ3n) is 8.35. The van der Waals surface area contributed by atoms with E-state index < -0.39 is 70.7 Å². The highest BCUT2D eigenvalue weighted by Gasteiger charge is 2.70. The first-order valence-electron chi connectivity index (χ1n) is 12.9. The number of alkyl halides is 5. The van der Waals surface area contributed by atoms with Gasteiger partial charge in [0.15, 0.2) is 0 Å². The van der Waals surface area contributed by atoms with Crippen LogP contribution in [-0.2, 0) is 24.0 Å². The van der Waals surface area contributed by atoms with Gasteiger partial charge in [-0.15, -0.1) is 0 Å². The number of likely N-dealkylation sites (tertiary alicyclic amines) is 1. The first-order chi connectivity index (χ1) is 18.1. The molecular formula is C24H34ClF4N5O5. The van der Waals surface area contributed by atoms with Gasteiger partial charge in [0, 0.05) is 13.1 Å². The highest BCUT2D eigenvalue weighted by atomic mass is 35.5. The lowest BCUT2D eigenvalue weighted by molar-refractivity contribution is -0.175. The van der Waals surface area contributed by atoms with E-state index in [1.807, 2.05) is 19.2 Å². The van der Waals surface area contributed by atoms with Crippen LogP contribution in [0.1, 0.15) is 47.0 Å². The van der Waals surface area contributed by atoms with E-state index in [1.165, 1.54) is 0 Å². The van der Waals surface area contributed by atoms with E-state index >= 15 is 0 Å². The largest absolute Gasteiger partial charge is 0.471 e. The highest BCUT2D eigenvalue weighted by Crippen LogP contribution is 2.65. The van der Waals surface area contributed by atoms with E-state index in [-0.39, 0.29) is 37.8 Å². The van der Waals surface area contributed by atoms with Crippen molar-refractivity contribution in [3.63, 3.8) is 0 Å². The van der Waals surface area contributed by atoms with E-state index in [4.69, 9.17) is 11.6 Å². The number of amides is 5. The third kappa shape index (κ3) is 6.25. The van der Waals surface area contributed by atoms with Crippen molar-refractivity contribution in [1.82, 2.24) is 26.0 Å². The Balaban J connectivity index is 1.88. The fourth-order valence-electron chi connectivity index (χ4n) is 5.90. The van der Waals surface area contributed by atoms with Crippen molar-refractivity contribution in [3.8, 4) is 0 Å². The zero-order valence-corrected chi connectivity index (χ0v) is 22.9. The maximum absolute atomic E-state index is 13.8. The van der Waals surface area contributed by atoms with Crippen LogP contribution in [0.4, 0.5) is 17.6 Å². The zero-order valence-electron chi connectivity index (χ0n) is 22.1. The number of rotatable bonds is 9. The van der Waals surface area contributed by atoms with Gasteiger partial charge in [-0.3, -0.25) is 29.4 Å². The molecule has 0 bridgehead atoms. The van der Waals surface area contributed by atoms with Crippen LogP contribution in [0.5, 0.6) is 0 Å². The number of nitrogens with zero attached hydrogens (tertiary/aromatic N) is 2. The Hall–Kier alpha value is -2.64. The van der Waals surface area contributed by atoms with Crippen molar-refractivity contribution in [2.45, 2.75) is 70.8 Å². The van der Waals surface area contributed by atoms with Gasteiger partial charge in [-0.1, -0.05) is 52.1 Å². The van der Waals surface area contributed by atoms with Crippen molar-refractivity contribution >= 4 is 41.1 Å². The molecule has 1 saturated carbocycles. The first kappa shape index (κ1) is 30.9. The quantitative estimate of drug-likeness (QED) is 0.215. The van der Waals surface area contributed by atoms with Gasteiger partial charge < -0.3 is 15.5 Å². The van der Waals surface area contributed by atoms with E-state index in [2.05, 4.69) is 10.7 Å². The van der Waals surface area contributed by atoms with Crippen LogP contribution in [0, 0.1) is 29.1 Å². The molecule has 0 spiro atoms. The molecule has 0 unspecified atom stereocenters. The van der Waals surface area contributed by atoms with Crippen molar-refractivity contribution < 1.29 is 41.5 Å². The molecule has 39 heavy (non-hydrogen) atoms. The molecule has 6 atom stereocenters. The topological polar surface area (TPSA) is 128 Å². The molecule has 2 aliphatic heterocycles. The zero-order chi connectivity index (χ0) is 29.4. The molecule has 3 rings (SSSR count). The average Bonchev–Trinajstić information content (AvgIpc) is 3.20. The summed E-state index contributed by atoms with van der Waals surface area (Å²) >= 11 is 5.34. The fraction of sp³-hybridized carbons (Fsp3) is 0.792. The summed E-state index contributed by atoms with van der Waals surface area (Å²) in [5.41, 5.74) is -0.603. The molecule has 10 nitrogen and oxygen atoms in total. The molecule has 0 aromatic carbocycles. The number of nitrogens with one attached hydrogen (secondary N) is 3. The lowest BCUT2D eigenvalue weighted by atomic mass is 9.91. The summed E-state index contributed by atoms with van der Waals surface area (Å²) in [5.74, 6) is -7.60. The fourth-order valence-corrected chi connectivity index (χ4v) is 6.02. The van der Waals surface area contributed by atoms with Gasteiger partial charge in [0.25, 0.3) is 17.4 Å². The summed E-state index contributed by atoms with van der Waals surface area (Å²) in [6, 6.07) is -2.75. The van der Waals surface area contributed by atoms with Crippen molar-refractivity contribution in [1.29, 1.82) is 0 Å². The second-order valence-corrected chi connectivity index (χ2v) is 11.3. The molecule has 0 aromatic rings. The van der Waals surface area contributed by atoms with E-state index in [0.29, 0.717) is 18.0 Å².